The molecule has 2 aromatic rings. The zero-order chi connectivity index (χ0) is 18.3. The minimum atomic E-state index is 0.0861. The van der Waals surface area contributed by atoms with Gasteiger partial charge in [0, 0.05) is 30.7 Å². The summed E-state index contributed by atoms with van der Waals surface area (Å²) in [4.78, 5) is 19.9. The Balaban J connectivity index is 1.67. The van der Waals surface area contributed by atoms with Crippen molar-refractivity contribution in [3.63, 3.8) is 0 Å². The van der Waals surface area contributed by atoms with Crippen molar-refractivity contribution in [1.82, 2.24) is 15.0 Å². The molecule has 1 atom stereocenters. The van der Waals surface area contributed by atoms with Gasteiger partial charge in [0.15, 0.2) is 0 Å². The summed E-state index contributed by atoms with van der Waals surface area (Å²) in [5.74, 6) is 1.06. The molecule has 6 heteroatoms. The smallest absolute Gasteiger partial charge is 0.259 e. The van der Waals surface area contributed by atoms with Crippen LogP contribution in [0.25, 0.3) is 11.1 Å². The minimum Gasteiger partial charge on any atom is -0.339 e. The summed E-state index contributed by atoms with van der Waals surface area (Å²) in [5, 5.41) is 5.02. The van der Waals surface area contributed by atoms with Gasteiger partial charge >= 0.3 is 0 Å². The fraction of sp³-hybridized carbons (Fsp3) is 0.650. The molecule has 1 aliphatic carbocycles. The SMILES string of the molecule is CCCc1noc2nc(C3CC3)cc(C(=O)N3CCC(C(C)N)CC3)c12. The van der Waals surface area contributed by atoms with Gasteiger partial charge in [-0.2, -0.15) is 0 Å². The average molecular weight is 356 g/mol. The molecule has 2 aliphatic rings. The minimum absolute atomic E-state index is 0.0861. The molecule has 0 bridgehead atoms. The number of aryl methyl sites for hydroxylation is 1. The molecule has 0 radical (unpaired) electrons. The molecular formula is C20H28N4O2. The number of pyridine rings is 1. The van der Waals surface area contributed by atoms with E-state index in [1.807, 2.05) is 11.0 Å². The monoisotopic (exact) mass is 356 g/mol. The van der Waals surface area contributed by atoms with Gasteiger partial charge in [-0.3, -0.25) is 4.79 Å². The summed E-state index contributed by atoms with van der Waals surface area (Å²) >= 11 is 0. The summed E-state index contributed by atoms with van der Waals surface area (Å²) in [6, 6.07) is 2.19. The van der Waals surface area contributed by atoms with Crippen LogP contribution < -0.4 is 5.73 Å². The molecule has 4 rings (SSSR count). The first-order chi connectivity index (χ1) is 12.6. The summed E-state index contributed by atoms with van der Waals surface area (Å²) in [6.45, 7) is 5.70. The van der Waals surface area contributed by atoms with Crippen molar-refractivity contribution in [3.8, 4) is 0 Å². The van der Waals surface area contributed by atoms with E-state index in [2.05, 4.69) is 24.0 Å². The Morgan fingerprint density at radius 2 is 2.08 bits per heavy atom. The average Bonchev–Trinajstić information content (AvgIpc) is 3.43. The third-order valence-electron chi connectivity index (χ3n) is 5.82. The Kier molecular flexibility index (Phi) is 4.69. The molecule has 2 N–H and O–H groups in total. The van der Waals surface area contributed by atoms with E-state index in [1.165, 1.54) is 0 Å². The normalized spacial score (nSPS) is 19.9. The maximum atomic E-state index is 13.3. The highest BCUT2D eigenvalue weighted by molar-refractivity contribution is 6.06. The van der Waals surface area contributed by atoms with Crippen molar-refractivity contribution in [2.24, 2.45) is 11.7 Å². The van der Waals surface area contributed by atoms with E-state index in [0.717, 1.165) is 74.0 Å². The van der Waals surface area contributed by atoms with Crippen LogP contribution in [0, 0.1) is 5.92 Å². The topological polar surface area (TPSA) is 85.2 Å². The predicted molar refractivity (Wildman–Crippen MR) is 100 cm³/mol. The molecule has 1 amide bonds. The lowest BCUT2D eigenvalue weighted by atomic mass is 9.90. The Labute approximate surface area is 154 Å². The fourth-order valence-corrected chi connectivity index (χ4v) is 3.99. The summed E-state index contributed by atoms with van der Waals surface area (Å²) < 4.78 is 5.50. The van der Waals surface area contributed by atoms with Gasteiger partial charge in [-0.25, -0.2) is 4.98 Å². The van der Waals surface area contributed by atoms with Gasteiger partial charge in [-0.05, 0) is 51.0 Å². The van der Waals surface area contributed by atoms with Gasteiger partial charge in [0.25, 0.3) is 11.6 Å². The van der Waals surface area contributed by atoms with Crippen LogP contribution >= 0.6 is 0 Å². The first-order valence-electron chi connectivity index (χ1n) is 9.92. The van der Waals surface area contributed by atoms with Crippen LogP contribution in [0.1, 0.15) is 73.6 Å². The van der Waals surface area contributed by atoms with Crippen LogP contribution in [0.2, 0.25) is 0 Å². The largest absolute Gasteiger partial charge is 0.339 e. The van der Waals surface area contributed by atoms with Crippen LogP contribution in [-0.2, 0) is 6.42 Å². The van der Waals surface area contributed by atoms with Gasteiger partial charge in [0.2, 0.25) is 0 Å². The van der Waals surface area contributed by atoms with Gasteiger partial charge in [0.1, 0.15) is 0 Å². The van der Waals surface area contributed by atoms with E-state index in [1.54, 1.807) is 0 Å². The van der Waals surface area contributed by atoms with E-state index >= 15 is 0 Å². The molecule has 6 nitrogen and oxygen atoms in total. The highest BCUT2D eigenvalue weighted by Crippen LogP contribution is 2.41. The zero-order valence-corrected chi connectivity index (χ0v) is 15.7. The number of carbonyl (C=O) groups is 1. The molecular weight excluding hydrogens is 328 g/mol. The van der Waals surface area contributed by atoms with E-state index in [0.29, 0.717) is 17.5 Å². The van der Waals surface area contributed by atoms with Crippen molar-refractivity contribution in [1.29, 1.82) is 0 Å². The standard InChI is InChI=1S/C20H28N4O2/c1-3-4-16-18-15(11-17(14-5-6-14)22-19(18)26-23-16)20(25)24-9-7-13(8-10-24)12(2)21/h11-14H,3-10,21H2,1-2H3. The van der Waals surface area contributed by atoms with Gasteiger partial charge < -0.3 is 15.2 Å². The van der Waals surface area contributed by atoms with Crippen molar-refractivity contribution in [2.45, 2.75) is 64.3 Å². The molecule has 0 aromatic carbocycles. The highest BCUT2D eigenvalue weighted by atomic mass is 16.5. The molecule has 0 spiro atoms. The summed E-state index contributed by atoms with van der Waals surface area (Å²) in [5.41, 5.74) is 9.11. The predicted octanol–water partition coefficient (Wildman–Crippen LogP) is 3.25. The molecule has 1 aliphatic heterocycles. The van der Waals surface area contributed by atoms with Crippen molar-refractivity contribution >= 4 is 17.0 Å². The maximum absolute atomic E-state index is 13.3. The highest BCUT2D eigenvalue weighted by Gasteiger charge is 2.31. The molecule has 1 saturated carbocycles. The zero-order valence-electron chi connectivity index (χ0n) is 15.7. The summed E-state index contributed by atoms with van der Waals surface area (Å²) in [6.07, 6.45) is 5.98. The summed E-state index contributed by atoms with van der Waals surface area (Å²) in [7, 11) is 0. The van der Waals surface area contributed by atoms with Crippen LogP contribution in [0.15, 0.2) is 10.6 Å². The van der Waals surface area contributed by atoms with E-state index < -0.39 is 0 Å². The second kappa shape index (κ2) is 6.99. The number of rotatable bonds is 5. The lowest BCUT2D eigenvalue weighted by molar-refractivity contribution is 0.0682. The second-order valence-corrected chi connectivity index (χ2v) is 7.92. The number of hydrogen-bond donors (Lipinski definition) is 1. The van der Waals surface area contributed by atoms with E-state index in [9.17, 15) is 4.79 Å². The fourth-order valence-electron chi connectivity index (χ4n) is 3.99. The number of nitrogens with two attached hydrogens (primary N) is 1. The van der Waals surface area contributed by atoms with E-state index in [-0.39, 0.29) is 11.9 Å². The third-order valence-corrected chi connectivity index (χ3v) is 5.82. The molecule has 2 fully saturated rings. The number of nitrogens with zero attached hydrogens (tertiary/aromatic N) is 3. The number of amides is 1. The van der Waals surface area contributed by atoms with Crippen LogP contribution in [0.3, 0.4) is 0 Å². The number of likely N-dealkylation sites (tertiary alicyclic amines) is 1. The number of fused-ring (bicyclic) bond motifs is 1. The Bertz CT molecular complexity index is 801. The maximum Gasteiger partial charge on any atom is 0.259 e. The molecule has 140 valence electrons. The third kappa shape index (κ3) is 3.22. The van der Waals surface area contributed by atoms with Crippen molar-refractivity contribution in [2.75, 3.05) is 13.1 Å². The number of carbonyl (C=O) groups excluding carboxylic acids is 1. The Morgan fingerprint density at radius 3 is 2.69 bits per heavy atom. The number of hydrogen-bond acceptors (Lipinski definition) is 5. The van der Waals surface area contributed by atoms with Crippen molar-refractivity contribution < 1.29 is 9.32 Å². The van der Waals surface area contributed by atoms with Crippen molar-refractivity contribution in [3.05, 3.63) is 23.0 Å². The second-order valence-electron chi connectivity index (χ2n) is 7.92. The molecule has 26 heavy (non-hydrogen) atoms. The van der Waals surface area contributed by atoms with Gasteiger partial charge in [0.05, 0.1) is 16.6 Å². The molecule has 1 saturated heterocycles. The lowest BCUT2D eigenvalue weighted by Gasteiger charge is -2.33. The first kappa shape index (κ1) is 17.5. The van der Waals surface area contributed by atoms with E-state index in [4.69, 9.17) is 10.3 Å². The molecule has 1 unspecified atom stereocenters. The lowest BCUT2D eigenvalue weighted by Crippen LogP contribution is -2.42. The molecule has 2 aromatic heterocycles. The molecule has 3 heterocycles. The van der Waals surface area contributed by atoms with Crippen LogP contribution in [-0.4, -0.2) is 40.1 Å². The van der Waals surface area contributed by atoms with Crippen LogP contribution in [0.5, 0.6) is 0 Å². The number of piperidine rings is 1. The number of aromatic nitrogens is 2. The van der Waals surface area contributed by atoms with Gasteiger partial charge in [-0.1, -0.05) is 18.5 Å². The Morgan fingerprint density at radius 1 is 1.35 bits per heavy atom. The van der Waals surface area contributed by atoms with Crippen LogP contribution in [0.4, 0.5) is 0 Å². The quantitative estimate of drug-likeness (QED) is 0.889. The van der Waals surface area contributed by atoms with Gasteiger partial charge in [-0.15, -0.1) is 0 Å². The Hall–Kier alpha value is -1.95. The first-order valence-corrected chi connectivity index (χ1v) is 9.92.